The minimum absolute atomic E-state index is 0.0245. The second-order valence-electron chi connectivity index (χ2n) is 6.73. The van der Waals surface area contributed by atoms with E-state index >= 15 is 0 Å². The lowest BCUT2D eigenvalue weighted by Crippen LogP contribution is -2.46. The van der Waals surface area contributed by atoms with E-state index in [0.29, 0.717) is 31.5 Å². The Labute approximate surface area is 178 Å². The van der Waals surface area contributed by atoms with Crippen LogP contribution < -0.4 is 5.32 Å². The Kier molecular flexibility index (Phi) is 6.38. The molecule has 5 nitrogen and oxygen atoms in total. The molecule has 2 amide bonds. The SMILES string of the molecule is Cc1ccccc1C(=O)NC1CCN(C(=O)c2c(O)c(Cl)cc(Cl)c2Cl)CC1. The fourth-order valence-electron chi connectivity index (χ4n) is 3.26. The largest absolute Gasteiger partial charge is 0.505 e. The van der Waals surface area contributed by atoms with Gasteiger partial charge in [0.25, 0.3) is 11.8 Å². The van der Waals surface area contributed by atoms with Gasteiger partial charge in [-0.05, 0) is 37.5 Å². The first-order chi connectivity index (χ1) is 13.3. The number of aromatic hydroxyl groups is 1. The number of carbonyl (C=O) groups is 2. The number of benzene rings is 2. The monoisotopic (exact) mass is 440 g/mol. The smallest absolute Gasteiger partial charge is 0.259 e. The van der Waals surface area contributed by atoms with E-state index in [0.717, 1.165) is 5.56 Å². The highest BCUT2D eigenvalue weighted by Crippen LogP contribution is 2.39. The number of halogens is 3. The number of hydrogen-bond acceptors (Lipinski definition) is 3. The molecule has 28 heavy (non-hydrogen) atoms. The van der Waals surface area contributed by atoms with Crippen LogP contribution in [0.3, 0.4) is 0 Å². The summed E-state index contributed by atoms with van der Waals surface area (Å²) in [6.07, 6.45) is 1.19. The van der Waals surface area contributed by atoms with Gasteiger partial charge < -0.3 is 15.3 Å². The van der Waals surface area contributed by atoms with Crippen LogP contribution >= 0.6 is 34.8 Å². The van der Waals surface area contributed by atoms with Crippen molar-refractivity contribution in [3.05, 3.63) is 62.1 Å². The van der Waals surface area contributed by atoms with Crippen LogP contribution in [0.1, 0.15) is 39.1 Å². The molecule has 1 aliphatic rings. The van der Waals surface area contributed by atoms with E-state index in [9.17, 15) is 14.7 Å². The normalized spacial score (nSPS) is 14.8. The third-order valence-electron chi connectivity index (χ3n) is 4.87. The van der Waals surface area contributed by atoms with E-state index in [1.807, 2.05) is 25.1 Å². The van der Waals surface area contributed by atoms with E-state index in [-0.39, 0.29) is 38.3 Å². The zero-order chi connectivity index (χ0) is 20.4. The molecule has 3 rings (SSSR count). The summed E-state index contributed by atoms with van der Waals surface area (Å²) in [5.41, 5.74) is 1.46. The molecule has 0 unspecified atom stereocenters. The van der Waals surface area contributed by atoms with Crippen LogP contribution in [0, 0.1) is 6.92 Å². The molecule has 0 aromatic heterocycles. The summed E-state index contributed by atoms with van der Waals surface area (Å²) in [5.74, 6) is -0.934. The highest BCUT2D eigenvalue weighted by Gasteiger charge is 2.29. The Balaban J connectivity index is 1.65. The van der Waals surface area contributed by atoms with Gasteiger partial charge in [0.15, 0.2) is 0 Å². The second kappa shape index (κ2) is 8.60. The van der Waals surface area contributed by atoms with Crippen molar-refractivity contribution >= 4 is 46.6 Å². The predicted octanol–water partition coefficient (Wildman–Crippen LogP) is 4.70. The fraction of sp³-hybridized carbons (Fsp3) is 0.300. The van der Waals surface area contributed by atoms with Gasteiger partial charge in [-0.15, -0.1) is 0 Å². The van der Waals surface area contributed by atoms with Crippen molar-refractivity contribution in [3.63, 3.8) is 0 Å². The zero-order valence-corrected chi connectivity index (χ0v) is 17.4. The molecule has 1 heterocycles. The standard InChI is InChI=1S/C20H19Cl3N2O3/c1-11-4-2-3-5-13(11)19(27)24-12-6-8-25(9-7-12)20(28)16-17(23)14(21)10-15(22)18(16)26/h2-5,10,12,26H,6-9H2,1H3,(H,24,27). The van der Waals surface area contributed by atoms with Gasteiger partial charge in [0.1, 0.15) is 11.3 Å². The van der Waals surface area contributed by atoms with Gasteiger partial charge in [0.05, 0.1) is 15.1 Å². The number of phenolic OH excluding ortho intramolecular Hbond substituents is 1. The Morgan fingerprint density at radius 3 is 2.39 bits per heavy atom. The number of nitrogens with one attached hydrogen (secondary N) is 1. The second-order valence-corrected chi connectivity index (χ2v) is 7.93. The lowest BCUT2D eigenvalue weighted by molar-refractivity contribution is 0.0695. The number of nitrogens with zero attached hydrogens (tertiary/aromatic N) is 1. The van der Waals surface area contributed by atoms with Crippen LogP contribution in [0.15, 0.2) is 30.3 Å². The lowest BCUT2D eigenvalue weighted by atomic mass is 10.0. The Hall–Kier alpha value is -1.95. The van der Waals surface area contributed by atoms with Crippen molar-refractivity contribution in [3.8, 4) is 5.75 Å². The van der Waals surface area contributed by atoms with Crippen molar-refractivity contribution < 1.29 is 14.7 Å². The molecule has 0 aliphatic carbocycles. The van der Waals surface area contributed by atoms with Crippen LogP contribution in [0.5, 0.6) is 5.75 Å². The summed E-state index contributed by atoms with van der Waals surface area (Å²) in [4.78, 5) is 26.9. The minimum Gasteiger partial charge on any atom is -0.505 e. The molecule has 0 spiro atoms. The first-order valence-corrected chi connectivity index (χ1v) is 9.95. The Morgan fingerprint density at radius 2 is 1.75 bits per heavy atom. The minimum atomic E-state index is -0.435. The quantitative estimate of drug-likeness (QED) is 0.679. The number of piperidine rings is 1. The molecule has 0 radical (unpaired) electrons. The molecule has 0 bridgehead atoms. The summed E-state index contributed by atoms with van der Waals surface area (Å²) in [5, 5.41) is 13.2. The zero-order valence-electron chi connectivity index (χ0n) is 15.1. The van der Waals surface area contributed by atoms with E-state index in [2.05, 4.69) is 5.32 Å². The van der Waals surface area contributed by atoms with Crippen LogP contribution in [0.2, 0.25) is 15.1 Å². The van der Waals surface area contributed by atoms with Crippen LogP contribution in [0.25, 0.3) is 0 Å². The molecule has 0 atom stereocenters. The molecular weight excluding hydrogens is 423 g/mol. The number of rotatable bonds is 3. The maximum absolute atomic E-state index is 12.8. The number of amides is 2. The van der Waals surface area contributed by atoms with Crippen molar-refractivity contribution in [2.75, 3.05) is 13.1 Å². The Bertz CT molecular complexity index is 899. The van der Waals surface area contributed by atoms with E-state index in [4.69, 9.17) is 34.8 Å². The summed E-state index contributed by atoms with van der Waals surface area (Å²) < 4.78 is 0. The van der Waals surface area contributed by atoms with Crippen LogP contribution in [-0.4, -0.2) is 41.0 Å². The molecule has 2 N–H and O–H groups in total. The highest BCUT2D eigenvalue weighted by atomic mass is 35.5. The van der Waals surface area contributed by atoms with Gasteiger partial charge in [0, 0.05) is 24.7 Å². The van der Waals surface area contributed by atoms with Gasteiger partial charge >= 0.3 is 0 Å². The first-order valence-electron chi connectivity index (χ1n) is 8.81. The van der Waals surface area contributed by atoms with Crippen LogP contribution in [0.4, 0.5) is 0 Å². The number of carbonyl (C=O) groups excluding carboxylic acids is 2. The average molecular weight is 442 g/mol. The van der Waals surface area contributed by atoms with E-state index in [1.54, 1.807) is 11.0 Å². The topological polar surface area (TPSA) is 69.6 Å². The lowest BCUT2D eigenvalue weighted by Gasteiger charge is -2.33. The summed E-state index contributed by atoms with van der Waals surface area (Å²) in [6.45, 7) is 2.72. The molecule has 2 aromatic carbocycles. The molecule has 8 heteroatoms. The van der Waals surface area contributed by atoms with Crippen molar-refractivity contribution in [2.24, 2.45) is 0 Å². The van der Waals surface area contributed by atoms with Gasteiger partial charge in [-0.2, -0.15) is 0 Å². The Morgan fingerprint density at radius 1 is 1.11 bits per heavy atom. The maximum Gasteiger partial charge on any atom is 0.259 e. The number of likely N-dealkylation sites (tertiary alicyclic amines) is 1. The molecule has 148 valence electrons. The van der Waals surface area contributed by atoms with Gasteiger partial charge in [-0.25, -0.2) is 0 Å². The van der Waals surface area contributed by atoms with Crippen molar-refractivity contribution in [1.82, 2.24) is 10.2 Å². The fourth-order valence-corrected chi connectivity index (χ4v) is 3.94. The maximum atomic E-state index is 12.8. The molecular formula is C20H19Cl3N2O3. The number of hydrogen-bond donors (Lipinski definition) is 2. The van der Waals surface area contributed by atoms with Crippen molar-refractivity contribution in [2.45, 2.75) is 25.8 Å². The van der Waals surface area contributed by atoms with Crippen LogP contribution in [-0.2, 0) is 0 Å². The van der Waals surface area contributed by atoms with Gasteiger partial charge in [-0.1, -0.05) is 53.0 Å². The van der Waals surface area contributed by atoms with Crippen molar-refractivity contribution in [1.29, 1.82) is 0 Å². The molecule has 1 saturated heterocycles. The number of aryl methyl sites for hydroxylation is 1. The number of phenols is 1. The summed E-state index contributed by atoms with van der Waals surface area (Å²) in [7, 11) is 0. The van der Waals surface area contributed by atoms with Gasteiger partial charge in [-0.3, -0.25) is 9.59 Å². The molecule has 1 fully saturated rings. The molecule has 0 saturated carbocycles. The third-order valence-corrected chi connectivity index (χ3v) is 5.94. The predicted molar refractivity (Wildman–Crippen MR) is 111 cm³/mol. The van der Waals surface area contributed by atoms with E-state index in [1.165, 1.54) is 6.07 Å². The average Bonchev–Trinajstić information content (AvgIpc) is 2.67. The first kappa shape index (κ1) is 20.8. The van der Waals surface area contributed by atoms with E-state index < -0.39 is 5.91 Å². The third kappa shape index (κ3) is 4.22. The molecule has 2 aromatic rings. The molecule has 1 aliphatic heterocycles. The highest BCUT2D eigenvalue weighted by molar-refractivity contribution is 6.45. The summed E-state index contributed by atoms with van der Waals surface area (Å²) >= 11 is 18.0. The van der Waals surface area contributed by atoms with Gasteiger partial charge in [0.2, 0.25) is 0 Å². The summed E-state index contributed by atoms with van der Waals surface area (Å²) in [6, 6.07) is 8.65.